The van der Waals surface area contributed by atoms with Crippen LogP contribution in [0.15, 0.2) is 18.2 Å². The number of benzene rings is 1. The van der Waals surface area contributed by atoms with Crippen LogP contribution in [-0.4, -0.2) is 22.7 Å². The van der Waals surface area contributed by atoms with Gasteiger partial charge >= 0.3 is 0 Å². The Morgan fingerprint density at radius 1 is 1.53 bits per heavy atom. The van der Waals surface area contributed by atoms with E-state index in [0.717, 1.165) is 18.4 Å². The third-order valence-electron chi connectivity index (χ3n) is 2.95. The minimum Gasteiger partial charge on any atom is -0.391 e. The van der Waals surface area contributed by atoms with Gasteiger partial charge in [-0.3, -0.25) is 10.1 Å². The lowest BCUT2D eigenvalue weighted by molar-refractivity contribution is -0.384. The van der Waals surface area contributed by atoms with Gasteiger partial charge in [-0.25, -0.2) is 0 Å². The van der Waals surface area contributed by atoms with Crippen LogP contribution in [0.4, 0.5) is 11.4 Å². The lowest BCUT2D eigenvalue weighted by Crippen LogP contribution is -2.21. The van der Waals surface area contributed by atoms with E-state index in [4.69, 9.17) is 0 Å². The van der Waals surface area contributed by atoms with Crippen LogP contribution in [0.3, 0.4) is 0 Å². The van der Waals surface area contributed by atoms with Gasteiger partial charge in [0.2, 0.25) is 0 Å². The first kappa shape index (κ1) is 11.9. The number of hydrogen-bond acceptors (Lipinski definition) is 4. The molecule has 1 aromatic carbocycles. The molecule has 1 saturated carbocycles. The monoisotopic (exact) mass is 236 g/mol. The Hall–Kier alpha value is -1.62. The van der Waals surface area contributed by atoms with Crippen LogP contribution in [0.5, 0.6) is 0 Å². The first-order chi connectivity index (χ1) is 8.06. The highest BCUT2D eigenvalue weighted by Gasteiger charge is 2.29. The van der Waals surface area contributed by atoms with E-state index < -0.39 is 4.92 Å². The SMILES string of the molecule is Cc1cc(NCC(O)C2CC2)cc([N+](=O)[O-])c1. The number of aryl methyl sites for hydroxylation is 1. The average molecular weight is 236 g/mol. The first-order valence-corrected chi connectivity index (χ1v) is 5.74. The van der Waals surface area contributed by atoms with E-state index in [0.29, 0.717) is 18.2 Å². The summed E-state index contributed by atoms with van der Waals surface area (Å²) in [5.41, 5.74) is 1.60. The summed E-state index contributed by atoms with van der Waals surface area (Å²) in [6.45, 7) is 2.26. The summed E-state index contributed by atoms with van der Waals surface area (Å²) in [5.74, 6) is 0.405. The van der Waals surface area contributed by atoms with Crippen LogP contribution in [0.2, 0.25) is 0 Å². The second-order valence-corrected chi connectivity index (χ2v) is 4.60. The van der Waals surface area contributed by atoms with Crippen molar-refractivity contribution in [1.29, 1.82) is 0 Å². The molecule has 0 aliphatic heterocycles. The van der Waals surface area contributed by atoms with E-state index >= 15 is 0 Å². The molecule has 0 heterocycles. The smallest absolute Gasteiger partial charge is 0.271 e. The summed E-state index contributed by atoms with van der Waals surface area (Å²) in [6, 6.07) is 4.86. The van der Waals surface area contributed by atoms with Gasteiger partial charge in [0, 0.05) is 24.4 Å². The van der Waals surface area contributed by atoms with Gasteiger partial charge in [0.1, 0.15) is 0 Å². The van der Waals surface area contributed by atoms with E-state index in [1.807, 2.05) is 13.0 Å². The lowest BCUT2D eigenvalue weighted by atomic mass is 10.2. The van der Waals surface area contributed by atoms with Crippen molar-refractivity contribution in [2.75, 3.05) is 11.9 Å². The zero-order valence-corrected chi connectivity index (χ0v) is 9.72. The molecule has 92 valence electrons. The molecule has 1 atom stereocenters. The Kier molecular flexibility index (Phi) is 3.28. The molecule has 1 unspecified atom stereocenters. The van der Waals surface area contributed by atoms with Gasteiger partial charge in [-0.15, -0.1) is 0 Å². The van der Waals surface area contributed by atoms with Crippen molar-refractivity contribution in [3.63, 3.8) is 0 Å². The molecule has 5 heteroatoms. The molecule has 0 aromatic heterocycles. The van der Waals surface area contributed by atoms with Crippen molar-refractivity contribution in [2.45, 2.75) is 25.9 Å². The molecular formula is C12H16N2O3. The van der Waals surface area contributed by atoms with Crippen LogP contribution < -0.4 is 5.32 Å². The second kappa shape index (κ2) is 4.71. The highest BCUT2D eigenvalue weighted by Crippen LogP contribution is 2.32. The van der Waals surface area contributed by atoms with Crippen LogP contribution in [0.1, 0.15) is 18.4 Å². The number of hydrogen-bond donors (Lipinski definition) is 2. The normalized spacial score (nSPS) is 16.6. The van der Waals surface area contributed by atoms with Gasteiger partial charge < -0.3 is 10.4 Å². The Morgan fingerprint density at radius 2 is 2.24 bits per heavy atom. The predicted octanol–water partition coefficient (Wildman–Crippen LogP) is 2.09. The van der Waals surface area contributed by atoms with Gasteiger partial charge in [-0.2, -0.15) is 0 Å². The summed E-state index contributed by atoms with van der Waals surface area (Å²) in [6.07, 6.45) is 1.81. The number of nitro benzene ring substituents is 1. The number of nitro groups is 1. The highest BCUT2D eigenvalue weighted by atomic mass is 16.6. The minimum atomic E-state index is -0.407. The highest BCUT2D eigenvalue weighted by molar-refractivity contribution is 5.53. The average Bonchev–Trinajstić information content (AvgIpc) is 3.08. The minimum absolute atomic E-state index is 0.0772. The van der Waals surface area contributed by atoms with Gasteiger partial charge in [-0.05, 0) is 37.3 Å². The third kappa shape index (κ3) is 3.17. The zero-order chi connectivity index (χ0) is 12.4. The topological polar surface area (TPSA) is 75.4 Å². The molecule has 0 saturated heterocycles. The summed E-state index contributed by atoms with van der Waals surface area (Å²) in [4.78, 5) is 10.3. The molecular weight excluding hydrogens is 220 g/mol. The first-order valence-electron chi connectivity index (χ1n) is 5.74. The van der Waals surface area contributed by atoms with E-state index in [-0.39, 0.29) is 11.8 Å². The standard InChI is InChI=1S/C12H16N2O3/c1-8-4-10(6-11(5-8)14(16)17)13-7-12(15)9-2-3-9/h4-6,9,12-13,15H,2-3,7H2,1H3. The quantitative estimate of drug-likeness (QED) is 0.606. The van der Waals surface area contributed by atoms with Crippen molar-refractivity contribution in [3.8, 4) is 0 Å². The zero-order valence-electron chi connectivity index (χ0n) is 9.72. The molecule has 17 heavy (non-hydrogen) atoms. The number of nitrogens with zero attached hydrogens (tertiary/aromatic N) is 1. The molecule has 1 aliphatic carbocycles. The number of anilines is 1. The molecule has 2 N–H and O–H groups in total. The third-order valence-corrected chi connectivity index (χ3v) is 2.95. The number of rotatable bonds is 5. The fourth-order valence-electron chi connectivity index (χ4n) is 1.84. The summed E-state index contributed by atoms with van der Waals surface area (Å²) >= 11 is 0. The molecule has 1 aliphatic rings. The second-order valence-electron chi connectivity index (χ2n) is 4.60. The Balaban J connectivity index is 2.01. The molecule has 0 amide bonds. The number of aliphatic hydroxyl groups is 1. The van der Waals surface area contributed by atoms with Gasteiger partial charge in [0.25, 0.3) is 5.69 Å². The molecule has 1 aromatic rings. The van der Waals surface area contributed by atoms with E-state index in [2.05, 4.69) is 5.32 Å². The van der Waals surface area contributed by atoms with E-state index in [9.17, 15) is 15.2 Å². The van der Waals surface area contributed by atoms with Crippen molar-refractivity contribution >= 4 is 11.4 Å². The molecule has 0 radical (unpaired) electrons. The van der Waals surface area contributed by atoms with Crippen molar-refractivity contribution < 1.29 is 10.0 Å². The number of non-ortho nitro benzene ring substituents is 1. The van der Waals surface area contributed by atoms with Gasteiger partial charge in [-0.1, -0.05) is 0 Å². The summed E-state index contributed by atoms with van der Waals surface area (Å²) in [5, 5.41) is 23.4. The summed E-state index contributed by atoms with van der Waals surface area (Å²) < 4.78 is 0. The lowest BCUT2D eigenvalue weighted by Gasteiger charge is -2.12. The predicted molar refractivity (Wildman–Crippen MR) is 65.1 cm³/mol. The van der Waals surface area contributed by atoms with Crippen LogP contribution >= 0.6 is 0 Å². The molecule has 0 bridgehead atoms. The van der Waals surface area contributed by atoms with Gasteiger partial charge in [0.15, 0.2) is 0 Å². The summed E-state index contributed by atoms with van der Waals surface area (Å²) in [7, 11) is 0. The van der Waals surface area contributed by atoms with Crippen LogP contribution in [-0.2, 0) is 0 Å². The van der Waals surface area contributed by atoms with Crippen LogP contribution in [0.25, 0.3) is 0 Å². The Morgan fingerprint density at radius 3 is 2.82 bits per heavy atom. The Bertz CT molecular complexity index is 430. The number of aliphatic hydroxyl groups excluding tert-OH is 1. The maximum Gasteiger partial charge on any atom is 0.271 e. The fourth-order valence-corrected chi connectivity index (χ4v) is 1.84. The Labute approximate surface area is 99.6 Å². The van der Waals surface area contributed by atoms with Gasteiger partial charge in [0.05, 0.1) is 11.0 Å². The fraction of sp³-hybridized carbons (Fsp3) is 0.500. The molecule has 5 nitrogen and oxygen atoms in total. The maximum absolute atomic E-state index is 10.7. The molecule has 0 spiro atoms. The van der Waals surface area contributed by atoms with Crippen molar-refractivity contribution in [2.24, 2.45) is 5.92 Å². The largest absolute Gasteiger partial charge is 0.391 e. The number of nitrogens with one attached hydrogen (secondary N) is 1. The van der Waals surface area contributed by atoms with Crippen molar-refractivity contribution in [1.82, 2.24) is 0 Å². The van der Waals surface area contributed by atoms with E-state index in [1.165, 1.54) is 12.1 Å². The van der Waals surface area contributed by atoms with Crippen LogP contribution in [0, 0.1) is 23.0 Å². The molecule has 1 fully saturated rings. The van der Waals surface area contributed by atoms with E-state index in [1.54, 1.807) is 0 Å². The van der Waals surface area contributed by atoms with Crippen molar-refractivity contribution in [3.05, 3.63) is 33.9 Å². The maximum atomic E-state index is 10.7. The molecule has 2 rings (SSSR count).